The van der Waals surface area contributed by atoms with E-state index in [1.807, 2.05) is 0 Å². The maximum absolute atomic E-state index is 14.3. The Bertz CT molecular complexity index is 826. The van der Waals surface area contributed by atoms with Gasteiger partial charge in [-0.25, -0.2) is 17.1 Å². The minimum Gasteiger partial charge on any atom is -0.470 e. The lowest BCUT2D eigenvalue weighted by atomic mass is 10.2. The summed E-state index contributed by atoms with van der Waals surface area (Å²) in [4.78, 5) is 0. The lowest BCUT2D eigenvalue weighted by Crippen LogP contribution is -2.43. The number of fused-ring (bicyclic) bond motifs is 1. The lowest BCUT2D eigenvalue weighted by molar-refractivity contribution is 0.254. The molecule has 128 valence electrons. The zero-order valence-corrected chi connectivity index (χ0v) is 14.1. The molecule has 1 heterocycles. The summed E-state index contributed by atoms with van der Waals surface area (Å²) in [6, 6.07) is 12.6. The molecule has 0 saturated heterocycles. The van der Waals surface area contributed by atoms with Crippen molar-refractivity contribution >= 4 is 21.4 Å². The highest BCUT2D eigenvalue weighted by Crippen LogP contribution is 2.43. The Labute approximate surface area is 141 Å². The Morgan fingerprint density at radius 1 is 1.12 bits per heavy atom. The summed E-state index contributed by atoms with van der Waals surface area (Å²) in [5, 5.41) is 2.98. The van der Waals surface area contributed by atoms with Gasteiger partial charge in [-0.2, -0.15) is 0 Å². The molecule has 2 aromatic rings. The third-order valence-corrected chi connectivity index (χ3v) is 5.77. The maximum Gasteiger partial charge on any atom is 0.278 e. The second-order valence-electron chi connectivity index (χ2n) is 5.52. The third-order valence-electron chi connectivity index (χ3n) is 3.87. The van der Waals surface area contributed by atoms with Crippen LogP contribution < -0.4 is 14.4 Å². The standard InChI is InChI=1S/C17H19FN2O3S/c1-19-12-6-11-17-23-16-10-5-4-9-15(16)20(24(17,21)22)14-8-3-2-7-13(14)18/h2-5,7-10,17,19H,6,11-12H2,1H3. The van der Waals surface area contributed by atoms with Crippen LogP contribution in [0.3, 0.4) is 0 Å². The first-order valence-electron chi connectivity index (χ1n) is 7.74. The number of para-hydroxylation sites is 3. The number of ether oxygens (including phenoxy) is 1. The van der Waals surface area contributed by atoms with Crippen LogP contribution >= 0.6 is 0 Å². The molecule has 0 radical (unpaired) electrons. The molecule has 0 saturated carbocycles. The molecule has 1 aliphatic rings. The third kappa shape index (κ3) is 2.97. The van der Waals surface area contributed by atoms with Gasteiger partial charge in [-0.05, 0) is 44.3 Å². The van der Waals surface area contributed by atoms with Crippen LogP contribution in [0.2, 0.25) is 0 Å². The number of hydrogen-bond donors (Lipinski definition) is 1. The van der Waals surface area contributed by atoms with Crippen molar-refractivity contribution in [2.75, 3.05) is 17.9 Å². The highest BCUT2D eigenvalue weighted by atomic mass is 32.2. The molecule has 0 bridgehead atoms. The molecule has 24 heavy (non-hydrogen) atoms. The van der Waals surface area contributed by atoms with Gasteiger partial charge in [0.25, 0.3) is 10.0 Å². The fraction of sp³-hybridized carbons (Fsp3) is 0.294. The van der Waals surface area contributed by atoms with Crippen LogP contribution in [-0.4, -0.2) is 27.4 Å². The van der Waals surface area contributed by atoms with Crippen molar-refractivity contribution in [3.63, 3.8) is 0 Å². The van der Waals surface area contributed by atoms with Gasteiger partial charge in [0.05, 0.1) is 11.4 Å². The molecule has 1 atom stereocenters. The smallest absolute Gasteiger partial charge is 0.278 e. The number of halogens is 1. The summed E-state index contributed by atoms with van der Waals surface area (Å²) in [5.41, 5.74) is -0.709. The molecule has 1 N–H and O–H groups in total. The van der Waals surface area contributed by atoms with E-state index >= 15 is 0 Å². The number of nitrogens with one attached hydrogen (secondary N) is 1. The van der Waals surface area contributed by atoms with Gasteiger partial charge in [0, 0.05) is 6.42 Å². The monoisotopic (exact) mass is 350 g/mol. The Kier molecular flexibility index (Phi) is 4.73. The van der Waals surface area contributed by atoms with Crippen LogP contribution in [0.5, 0.6) is 5.75 Å². The van der Waals surface area contributed by atoms with Crippen molar-refractivity contribution < 1.29 is 17.5 Å². The minimum atomic E-state index is -3.89. The number of hydrogen-bond acceptors (Lipinski definition) is 4. The molecule has 7 heteroatoms. The van der Waals surface area contributed by atoms with Crippen LogP contribution in [0, 0.1) is 5.82 Å². The van der Waals surface area contributed by atoms with Gasteiger partial charge < -0.3 is 10.1 Å². The van der Waals surface area contributed by atoms with Gasteiger partial charge >= 0.3 is 0 Å². The molecular weight excluding hydrogens is 331 g/mol. The predicted octanol–water partition coefficient (Wildman–Crippen LogP) is 3.01. The van der Waals surface area contributed by atoms with Crippen molar-refractivity contribution in [2.24, 2.45) is 0 Å². The number of sulfonamides is 1. The van der Waals surface area contributed by atoms with E-state index in [0.29, 0.717) is 30.8 Å². The average Bonchev–Trinajstić information content (AvgIpc) is 2.56. The molecule has 0 aromatic heterocycles. The Morgan fingerprint density at radius 3 is 2.50 bits per heavy atom. The maximum atomic E-state index is 14.3. The highest BCUT2D eigenvalue weighted by Gasteiger charge is 2.41. The van der Waals surface area contributed by atoms with E-state index < -0.39 is 21.3 Å². The Hall–Kier alpha value is -2.12. The van der Waals surface area contributed by atoms with Crippen LogP contribution in [0.15, 0.2) is 48.5 Å². The second kappa shape index (κ2) is 6.78. The molecule has 0 fully saturated rings. The first-order chi connectivity index (χ1) is 11.6. The minimum absolute atomic E-state index is 0.00636. The van der Waals surface area contributed by atoms with E-state index in [0.717, 1.165) is 4.31 Å². The number of nitrogens with zero attached hydrogens (tertiary/aromatic N) is 1. The molecule has 1 unspecified atom stereocenters. The van der Waals surface area contributed by atoms with Gasteiger partial charge in [-0.15, -0.1) is 0 Å². The van der Waals surface area contributed by atoms with Gasteiger partial charge in [0.1, 0.15) is 11.6 Å². The molecule has 0 amide bonds. The zero-order chi connectivity index (χ0) is 17.2. The molecule has 3 rings (SSSR count). The summed E-state index contributed by atoms with van der Waals surface area (Å²) < 4.78 is 47.1. The topological polar surface area (TPSA) is 58.6 Å². The van der Waals surface area contributed by atoms with Crippen molar-refractivity contribution in [2.45, 2.75) is 18.3 Å². The quantitative estimate of drug-likeness (QED) is 0.842. The summed E-state index contributed by atoms with van der Waals surface area (Å²) in [6.45, 7) is 0.677. The van der Waals surface area contributed by atoms with Crippen molar-refractivity contribution in [3.05, 3.63) is 54.3 Å². The van der Waals surface area contributed by atoms with Crippen molar-refractivity contribution in [3.8, 4) is 5.75 Å². The SMILES string of the molecule is CNCCCC1Oc2ccccc2N(c2ccccc2F)S1(=O)=O. The van der Waals surface area contributed by atoms with E-state index in [1.165, 1.54) is 18.2 Å². The molecule has 5 nitrogen and oxygen atoms in total. The Morgan fingerprint density at radius 2 is 1.79 bits per heavy atom. The summed E-state index contributed by atoms with van der Waals surface area (Å²) >= 11 is 0. The first kappa shape index (κ1) is 16.7. The summed E-state index contributed by atoms with van der Waals surface area (Å²) in [7, 11) is -2.09. The lowest BCUT2D eigenvalue weighted by Gasteiger charge is -2.35. The molecule has 2 aromatic carbocycles. The van der Waals surface area contributed by atoms with E-state index in [9.17, 15) is 12.8 Å². The van der Waals surface area contributed by atoms with E-state index in [2.05, 4.69) is 5.32 Å². The van der Waals surface area contributed by atoms with Crippen LogP contribution in [0.4, 0.5) is 15.8 Å². The first-order valence-corrected chi connectivity index (χ1v) is 9.25. The highest BCUT2D eigenvalue weighted by molar-refractivity contribution is 7.93. The molecule has 0 aliphatic carbocycles. The van der Waals surface area contributed by atoms with Gasteiger partial charge in [-0.3, -0.25) is 0 Å². The van der Waals surface area contributed by atoms with Gasteiger partial charge in [0.2, 0.25) is 5.44 Å². The number of rotatable bonds is 5. The van der Waals surface area contributed by atoms with Crippen molar-refractivity contribution in [1.82, 2.24) is 5.32 Å². The Balaban J connectivity index is 2.09. The largest absolute Gasteiger partial charge is 0.470 e. The summed E-state index contributed by atoms with van der Waals surface area (Å²) in [6.07, 6.45) is 0.954. The average molecular weight is 350 g/mol. The van der Waals surface area contributed by atoms with Gasteiger partial charge in [-0.1, -0.05) is 24.3 Å². The number of anilines is 2. The zero-order valence-electron chi connectivity index (χ0n) is 13.3. The molecular formula is C17H19FN2O3S. The fourth-order valence-corrected chi connectivity index (χ4v) is 4.49. The molecule has 1 aliphatic heterocycles. The van der Waals surface area contributed by atoms with Crippen LogP contribution in [0.25, 0.3) is 0 Å². The van der Waals surface area contributed by atoms with Crippen LogP contribution in [-0.2, 0) is 10.0 Å². The molecule has 0 spiro atoms. The number of benzene rings is 2. The van der Waals surface area contributed by atoms with Crippen LogP contribution in [0.1, 0.15) is 12.8 Å². The predicted molar refractivity (Wildman–Crippen MR) is 91.5 cm³/mol. The van der Waals surface area contributed by atoms with Crippen molar-refractivity contribution in [1.29, 1.82) is 0 Å². The van der Waals surface area contributed by atoms with E-state index in [1.54, 1.807) is 37.4 Å². The van der Waals surface area contributed by atoms with E-state index in [-0.39, 0.29) is 5.69 Å². The summed E-state index contributed by atoms with van der Waals surface area (Å²) in [5.74, 6) is -0.156. The fourth-order valence-electron chi connectivity index (χ4n) is 2.72. The van der Waals surface area contributed by atoms with E-state index in [4.69, 9.17) is 4.74 Å². The normalized spacial score (nSPS) is 18.8. The second-order valence-corrected chi connectivity index (χ2v) is 7.44. The van der Waals surface area contributed by atoms with Gasteiger partial charge in [0.15, 0.2) is 0 Å².